The van der Waals surface area contributed by atoms with Crippen LogP contribution in [0.4, 0.5) is 0 Å². The predicted octanol–water partition coefficient (Wildman–Crippen LogP) is 30.2. The molecule has 12 heteroatoms. The molecule has 0 radical (unpaired) electrons. The molecule has 0 aliphatic heterocycles. The first-order valence-corrected chi connectivity index (χ1v) is 44.6. The number of benzene rings is 18. The maximum absolute atomic E-state index is 13.5. The highest BCUT2D eigenvalue weighted by atomic mass is 16.3. The second kappa shape index (κ2) is 36.6. The third-order valence-electron chi connectivity index (χ3n) is 24.4. The molecule has 0 aliphatic carbocycles. The Morgan fingerprint density at radius 2 is 0.400 bits per heavy atom. The van der Waals surface area contributed by atoms with Crippen molar-refractivity contribution in [1.29, 1.82) is 0 Å². The van der Waals surface area contributed by atoms with Crippen molar-refractivity contribution in [2.45, 2.75) is 0 Å². The van der Waals surface area contributed by atoms with Crippen LogP contribution in [0, 0.1) is 0 Å². The van der Waals surface area contributed by atoms with Crippen LogP contribution in [0.3, 0.4) is 0 Å². The summed E-state index contributed by atoms with van der Waals surface area (Å²) in [5.41, 5.74) is 29.9. The quantitative estimate of drug-likeness (QED) is 0.0892. The minimum Gasteiger partial charge on any atom is -0.456 e. The molecule has 6 heterocycles. The highest BCUT2D eigenvalue weighted by Crippen LogP contribution is 2.43. The first kappa shape index (κ1) is 82.3. The lowest BCUT2D eigenvalue weighted by Gasteiger charge is -2.15. The Balaban J connectivity index is 0.000000118. The van der Waals surface area contributed by atoms with Gasteiger partial charge in [-0.1, -0.05) is 370 Å². The fourth-order valence-electron chi connectivity index (χ4n) is 17.6. The van der Waals surface area contributed by atoms with Crippen molar-refractivity contribution in [3.63, 3.8) is 0 Å². The summed E-state index contributed by atoms with van der Waals surface area (Å²) in [4.78, 5) is 69.8. The molecule has 6 aromatic heterocycles. The van der Waals surface area contributed by atoms with Crippen molar-refractivity contribution in [2.75, 3.05) is 0 Å². The standard InChI is InChI=1S/3C41H26N2O2/c44-40-34-19-7-8-20-38(34)45-39-25-32(21-22-35(39)40)30-16-9-15-29(23-30)31-17-10-18-33(24-31)41-42-36(27-11-3-1-4-12-27)26-37(43-41)28-13-5-2-6-14-28;44-40-34-21-11-12-22-38(34)45-39-24-23-29(25-35(39)40)30-17-7-8-18-31(30)32-19-9-10-20-33(32)41-42-36(27-13-3-1-4-14-27)26-37(43-41)28-15-5-2-6-16-28;44-40-34-17-9-10-18-38(34)45-39-25-31(23-24-35(39)40)27-19-21-28(22-20-27)32-15-7-8-16-33(32)37-26-36(29-11-3-1-4-12-29)42-41(43-37)30-13-5-2-6-14-30/h3*1-26H. The lowest BCUT2D eigenvalue weighted by atomic mass is 9.91. The number of hydrogen-bond acceptors (Lipinski definition) is 12. The van der Waals surface area contributed by atoms with Crippen molar-refractivity contribution >= 4 is 65.8 Å². The van der Waals surface area contributed by atoms with E-state index in [-0.39, 0.29) is 16.3 Å². The Labute approximate surface area is 776 Å². The summed E-state index contributed by atoms with van der Waals surface area (Å²) < 4.78 is 18.3. The van der Waals surface area contributed by atoms with E-state index in [1.54, 1.807) is 12.1 Å². The van der Waals surface area contributed by atoms with E-state index in [0.717, 1.165) is 151 Å². The fourth-order valence-corrected chi connectivity index (χ4v) is 17.6. The van der Waals surface area contributed by atoms with Crippen molar-refractivity contribution in [3.8, 4) is 168 Å². The van der Waals surface area contributed by atoms with Gasteiger partial charge in [0.15, 0.2) is 17.5 Å². The SMILES string of the molecule is O=c1c2ccccc2oc2cc(-c3ccc(-c4ccccc4-c4cc(-c5ccccc5)nc(-c5ccccc5)n4)cc3)ccc12.O=c1c2ccccc2oc2cc(-c3cccc(-c4cccc(-c5nc(-c6ccccc6)cc(-c6ccccc6)n5)c4)c3)ccc12.O=c1c2ccccc2oc2ccc(-c3ccccc3-c3ccccc3-c3nc(-c4ccccc4)cc(-c4ccccc4)n3)cc12. The third-order valence-corrected chi connectivity index (χ3v) is 24.4. The second-order valence-electron chi connectivity index (χ2n) is 32.9. The third kappa shape index (κ3) is 17.0. The van der Waals surface area contributed by atoms with Crippen LogP contribution in [-0.2, 0) is 0 Å². The summed E-state index contributed by atoms with van der Waals surface area (Å²) >= 11 is 0. The molecule has 636 valence electrons. The average Bonchev–Trinajstić information content (AvgIpc) is 0.773. The number of rotatable bonds is 15. The molecule has 0 spiro atoms. The number of fused-ring (bicyclic) bond motifs is 6. The molecule has 0 fully saturated rings. The molecule has 0 aliphatic rings. The van der Waals surface area contributed by atoms with Crippen molar-refractivity contribution in [1.82, 2.24) is 29.9 Å². The van der Waals surface area contributed by atoms with E-state index in [2.05, 4.69) is 188 Å². The zero-order chi connectivity index (χ0) is 90.5. The van der Waals surface area contributed by atoms with Gasteiger partial charge < -0.3 is 13.3 Å². The van der Waals surface area contributed by atoms with Gasteiger partial charge in [-0.05, 0) is 170 Å². The molecule has 24 aromatic rings. The van der Waals surface area contributed by atoms with Crippen LogP contribution in [-0.4, -0.2) is 29.9 Å². The molecule has 12 nitrogen and oxygen atoms in total. The van der Waals surface area contributed by atoms with Crippen LogP contribution in [0.25, 0.3) is 234 Å². The maximum atomic E-state index is 13.5. The first-order valence-electron chi connectivity index (χ1n) is 44.6. The highest BCUT2D eigenvalue weighted by molar-refractivity contribution is 5.99. The summed E-state index contributed by atoms with van der Waals surface area (Å²) in [5, 5.41) is 3.47. The average molecular weight is 1740 g/mol. The minimum absolute atomic E-state index is 0.0130. The smallest absolute Gasteiger partial charge is 0.200 e. The number of nitrogens with zero attached hydrogens (tertiary/aromatic N) is 6. The van der Waals surface area contributed by atoms with Gasteiger partial charge in [0.25, 0.3) is 0 Å². The summed E-state index contributed by atoms with van der Waals surface area (Å²) in [6.07, 6.45) is 0. The van der Waals surface area contributed by atoms with Crippen LogP contribution in [0.1, 0.15) is 0 Å². The van der Waals surface area contributed by atoms with Crippen molar-refractivity contribution < 1.29 is 13.3 Å². The van der Waals surface area contributed by atoms with Crippen LogP contribution in [0.5, 0.6) is 0 Å². The molecule has 0 saturated carbocycles. The Morgan fingerprint density at radius 1 is 0.133 bits per heavy atom. The first-order chi connectivity index (χ1) is 66.6. The topological polar surface area (TPSA) is 168 Å². The largest absolute Gasteiger partial charge is 0.456 e. The van der Waals surface area contributed by atoms with E-state index in [9.17, 15) is 14.4 Å². The summed E-state index contributed by atoms with van der Waals surface area (Å²) in [7, 11) is 0. The summed E-state index contributed by atoms with van der Waals surface area (Å²) in [6, 6.07) is 157. The Morgan fingerprint density at radius 3 is 0.852 bits per heavy atom. The second-order valence-corrected chi connectivity index (χ2v) is 32.9. The van der Waals surface area contributed by atoms with Gasteiger partial charge in [0, 0.05) is 50.1 Å². The monoisotopic (exact) mass is 1730 g/mol. The number of aromatic nitrogens is 6. The zero-order valence-corrected chi connectivity index (χ0v) is 72.7. The van der Waals surface area contributed by atoms with Gasteiger partial charge in [0.05, 0.1) is 66.5 Å². The van der Waals surface area contributed by atoms with Gasteiger partial charge in [-0.2, -0.15) is 0 Å². The normalized spacial score (nSPS) is 11.2. The van der Waals surface area contributed by atoms with E-state index < -0.39 is 0 Å². The summed E-state index contributed by atoms with van der Waals surface area (Å²) in [5.74, 6) is 2.00. The number of hydrogen-bond donors (Lipinski definition) is 0. The molecule has 24 rings (SSSR count). The van der Waals surface area contributed by atoms with Gasteiger partial charge in [-0.25, -0.2) is 29.9 Å². The van der Waals surface area contributed by atoms with Crippen LogP contribution >= 0.6 is 0 Å². The van der Waals surface area contributed by atoms with Crippen LogP contribution < -0.4 is 16.3 Å². The molecular formula is C123H78N6O6. The Hall–Kier alpha value is -18.4. The van der Waals surface area contributed by atoms with Crippen molar-refractivity contribution in [2.24, 2.45) is 0 Å². The molecular weight excluding hydrogens is 1660 g/mol. The number of para-hydroxylation sites is 3. The van der Waals surface area contributed by atoms with Crippen LogP contribution in [0.15, 0.2) is 501 Å². The summed E-state index contributed by atoms with van der Waals surface area (Å²) in [6.45, 7) is 0. The molecule has 0 unspecified atom stereocenters. The lowest BCUT2D eigenvalue weighted by molar-refractivity contribution is 0.659. The van der Waals surface area contributed by atoms with Gasteiger partial charge >= 0.3 is 0 Å². The molecule has 0 saturated heterocycles. The molecule has 0 atom stereocenters. The van der Waals surface area contributed by atoms with Crippen molar-refractivity contribution in [3.05, 3.63) is 504 Å². The zero-order valence-electron chi connectivity index (χ0n) is 72.7. The van der Waals surface area contributed by atoms with E-state index in [0.29, 0.717) is 83.3 Å². The fraction of sp³-hybridized carbons (Fsp3) is 0. The molecule has 0 amide bonds. The van der Waals surface area contributed by atoms with Gasteiger partial charge in [-0.15, -0.1) is 0 Å². The van der Waals surface area contributed by atoms with E-state index in [1.165, 1.54) is 0 Å². The molecule has 0 N–H and O–H groups in total. The minimum atomic E-state index is -0.0360. The van der Waals surface area contributed by atoms with E-state index in [1.807, 2.05) is 273 Å². The van der Waals surface area contributed by atoms with Gasteiger partial charge in [0.1, 0.15) is 33.5 Å². The molecule has 0 bridgehead atoms. The van der Waals surface area contributed by atoms with Gasteiger partial charge in [0.2, 0.25) is 16.3 Å². The molecule has 18 aromatic carbocycles. The molecule has 135 heavy (non-hydrogen) atoms. The van der Waals surface area contributed by atoms with E-state index in [4.69, 9.17) is 43.2 Å². The lowest BCUT2D eigenvalue weighted by Crippen LogP contribution is -2.02. The highest BCUT2D eigenvalue weighted by Gasteiger charge is 2.22. The van der Waals surface area contributed by atoms with Crippen LogP contribution in [0.2, 0.25) is 0 Å². The Kier molecular flexibility index (Phi) is 22.3. The Bertz CT molecular complexity index is 8630. The van der Waals surface area contributed by atoms with E-state index >= 15 is 0 Å². The maximum Gasteiger partial charge on any atom is 0.200 e. The predicted molar refractivity (Wildman–Crippen MR) is 548 cm³/mol. The van der Waals surface area contributed by atoms with Gasteiger partial charge in [-0.3, -0.25) is 14.4 Å².